The fraction of sp³-hybridized carbons (Fsp3) is 0.385. The van der Waals surface area contributed by atoms with Crippen LogP contribution in [0.15, 0.2) is 24.5 Å². The Bertz CT molecular complexity index is 812. The van der Waals surface area contributed by atoms with Crippen molar-refractivity contribution >= 4 is 21.6 Å². The van der Waals surface area contributed by atoms with Gasteiger partial charge in [0.1, 0.15) is 11.5 Å². The highest BCUT2D eigenvalue weighted by atomic mass is 32.2. The summed E-state index contributed by atoms with van der Waals surface area (Å²) in [5.41, 5.74) is 0.870. The molecule has 2 aromatic heterocycles. The lowest BCUT2D eigenvalue weighted by atomic mass is 10.3. The SMILES string of the molecule is O=C(Cc1cn2cc(F)ccc2n1)NS(=O)(=O)C1CCNC1. The molecule has 2 aromatic rings. The molecule has 1 fully saturated rings. The van der Waals surface area contributed by atoms with E-state index < -0.39 is 27.0 Å². The van der Waals surface area contributed by atoms with Gasteiger partial charge < -0.3 is 9.72 Å². The van der Waals surface area contributed by atoms with Gasteiger partial charge in [-0.1, -0.05) is 0 Å². The zero-order valence-corrected chi connectivity index (χ0v) is 12.4. The number of hydrogen-bond acceptors (Lipinski definition) is 5. The van der Waals surface area contributed by atoms with Crippen LogP contribution >= 0.6 is 0 Å². The van der Waals surface area contributed by atoms with E-state index >= 15 is 0 Å². The zero-order chi connectivity index (χ0) is 15.7. The van der Waals surface area contributed by atoms with E-state index in [4.69, 9.17) is 0 Å². The summed E-state index contributed by atoms with van der Waals surface area (Å²) in [6, 6.07) is 2.75. The molecule has 7 nitrogen and oxygen atoms in total. The summed E-state index contributed by atoms with van der Waals surface area (Å²) < 4.78 is 40.6. The van der Waals surface area contributed by atoms with Crippen LogP contribution in [0.2, 0.25) is 0 Å². The van der Waals surface area contributed by atoms with Crippen LogP contribution in [-0.2, 0) is 21.2 Å². The number of nitrogens with one attached hydrogen (secondary N) is 2. The lowest BCUT2D eigenvalue weighted by Gasteiger charge is -2.11. The van der Waals surface area contributed by atoms with Gasteiger partial charge in [-0.15, -0.1) is 0 Å². The average Bonchev–Trinajstić information content (AvgIpc) is 3.05. The predicted molar refractivity (Wildman–Crippen MR) is 77.2 cm³/mol. The van der Waals surface area contributed by atoms with Gasteiger partial charge in [0.25, 0.3) is 0 Å². The van der Waals surface area contributed by atoms with Crippen molar-refractivity contribution in [3.05, 3.63) is 36.0 Å². The number of imidazole rings is 1. The summed E-state index contributed by atoms with van der Waals surface area (Å²) >= 11 is 0. The largest absolute Gasteiger partial charge is 0.315 e. The van der Waals surface area contributed by atoms with Crippen LogP contribution in [-0.4, -0.2) is 42.0 Å². The van der Waals surface area contributed by atoms with Gasteiger partial charge in [-0.05, 0) is 25.1 Å². The summed E-state index contributed by atoms with van der Waals surface area (Å²) in [6.07, 6.45) is 3.05. The summed E-state index contributed by atoms with van der Waals surface area (Å²) in [6.45, 7) is 0.966. The first-order chi connectivity index (χ1) is 10.4. The molecule has 1 aliphatic rings. The molecule has 9 heteroatoms. The average molecular weight is 326 g/mol. The standard InChI is InChI=1S/C13H15FN4O3S/c14-9-1-2-12-16-10(8-18(12)7-9)5-13(19)17-22(20,21)11-3-4-15-6-11/h1-2,7-8,11,15H,3-6H2,(H,17,19). The highest BCUT2D eigenvalue weighted by Gasteiger charge is 2.30. The summed E-state index contributed by atoms with van der Waals surface area (Å²) in [5, 5.41) is 2.35. The number of sulfonamides is 1. The number of rotatable bonds is 4. The second kappa shape index (κ2) is 5.65. The molecule has 0 aromatic carbocycles. The van der Waals surface area contributed by atoms with Crippen molar-refractivity contribution < 1.29 is 17.6 Å². The second-order valence-corrected chi connectivity index (χ2v) is 7.17. The van der Waals surface area contributed by atoms with E-state index in [0.29, 0.717) is 30.9 Å². The Morgan fingerprint density at radius 3 is 3.00 bits per heavy atom. The Kier molecular flexibility index (Phi) is 3.83. The second-order valence-electron chi connectivity index (χ2n) is 5.21. The van der Waals surface area contributed by atoms with Gasteiger partial charge in [0.2, 0.25) is 15.9 Å². The predicted octanol–water partition coefficient (Wildman–Crippen LogP) is -0.176. The van der Waals surface area contributed by atoms with Crippen LogP contribution < -0.4 is 10.0 Å². The van der Waals surface area contributed by atoms with Crippen molar-refractivity contribution in [2.45, 2.75) is 18.1 Å². The van der Waals surface area contributed by atoms with E-state index in [1.807, 2.05) is 0 Å². The Morgan fingerprint density at radius 2 is 2.27 bits per heavy atom. The first kappa shape index (κ1) is 14.9. The van der Waals surface area contributed by atoms with Crippen molar-refractivity contribution in [2.75, 3.05) is 13.1 Å². The number of hydrogen-bond donors (Lipinski definition) is 2. The number of aromatic nitrogens is 2. The molecular formula is C13H15FN4O3S. The molecule has 1 amide bonds. The molecule has 1 aliphatic heterocycles. The molecule has 3 heterocycles. The van der Waals surface area contributed by atoms with Crippen LogP contribution in [0.25, 0.3) is 5.65 Å². The quantitative estimate of drug-likeness (QED) is 0.813. The van der Waals surface area contributed by atoms with Gasteiger partial charge in [0, 0.05) is 18.9 Å². The lowest BCUT2D eigenvalue weighted by molar-refractivity contribution is -0.118. The first-order valence-electron chi connectivity index (χ1n) is 6.82. The maximum atomic E-state index is 13.1. The minimum Gasteiger partial charge on any atom is -0.315 e. The van der Waals surface area contributed by atoms with Crippen LogP contribution in [0.1, 0.15) is 12.1 Å². The third-order valence-corrected chi connectivity index (χ3v) is 5.31. The van der Waals surface area contributed by atoms with Crippen LogP contribution in [0.3, 0.4) is 0 Å². The van der Waals surface area contributed by atoms with E-state index in [9.17, 15) is 17.6 Å². The fourth-order valence-electron chi connectivity index (χ4n) is 2.44. The monoisotopic (exact) mass is 326 g/mol. The molecule has 0 bridgehead atoms. The molecule has 1 saturated heterocycles. The van der Waals surface area contributed by atoms with E-state index in [2.05, 4.69) is 15.0 Å². The summed E-state index contributed by atoms with van der Waals surface area (Å²) in [5.74, 6) is -1.06. The number of nitrogens with zero attached hydrogens (tertiary/aromatic N) is 2. The van der Waals surface area contributed by atoms with E-state index in [0.717, 1.165) is 0 Å². The number of amides is 1. The molecule has 0 aliphatic carbocycles. The highest BCUT2D eigenvalue weighted by Crippen LogP contribution is 2.10. The Hall–Kier alpha value is -2.00. The smallest absolute Gasteiger partial charge is 0.239 e. The number of carbonyl (C=O) groups is 1. The van der Waals surface area contributed by atoms with Crippen LogP contribution in [0.4, 0.5) is 4.39 Å². The van der Waals surface area contributed by atoms with Crippen molar-refractivity contribution in [1.29, 1.82) is 0 Å². The van der Waals surface area contributed by atoms with E-state index in [1.165, 1.54) is 28.9 Å². The van der Waals surface area contributed by atoms with E-state index in [1.54, 1.807) is 0 Å². The molecule has 118 valence electrons. The van der Waals surface area contributed by atoms with Gasteiger partial charge in [-0.25, -0.2) is 17.8 Å². The molecule has 0 spiro atoms. The highest BCUT2D eigenvalue weighted by molar-refractivity contribution is 7.90. The first-order valence-corrected chi connectivity index (χ1v) is 8.37. The number of pyridine rings is 1. The van der Waals surface area contributed by atoms with Gasteiger partial charge in [-0.2, -0.15) is 0 Å². The van der Waals surface area contributed by atoms with E-state index in [-0.39, 0.29) is 6.42 Å². The van der Waals surface area contributed by atoms with Crippen molar-refractivity contribution in [1.82, 2.24) is 19.4 Å². The molecule has 1 atom stereocenters. The van der Waals surface area contributed by atoms with Crippen LogP contribution in [0, 0.1) is 5.82 Å². The van der Waals surface area contributed by atoms with Crippen molar-refractivity contribution in [3.8, 4) is 0 Å². The normalized spacial score (nSPS) is 18.7. The minimum atomic E-state index is -3.67. The minimum absolute atomic E-state index is 0.178. The molecule has 0 saturated carbocycles. The van der Waals surface area contributed by atoms with Gasteiger partial charge in [0.15, 0.2) is 0 Å². The Balaban J connectivity index is 1.70. The van der Waals surface area contributed by atoms with Crippen molar-refractivity contribution in [2.24, 2.45) is 0 Å². The number of carbonyl (C=O) groups excluding carboxylic acids is 1. The van der Waals surface area contributed by atoms with Crippen LogP contribution in [0.5, 0.6) is 0 Å². The lowest BCUT2D eigenvalue weighted by Crippen LogP contribution is -2.40. The molecule has 0 radical (unpaired) electrons. The molecule has 3 rings (SSSR count). The number of fused-ring (bicyclic) bond motifs is 1. The zero-order valence-electron chi connectivity index (χ0n) is 11.6. The molecule has 22 heavy (non-hydrogen) atoms. The summed E-state index contributed by atoms with van der Waals surface area (Å²) in [4.78, 5) is 16.0. The summed E-state index contributed by atoms with van der Waals surface area (Å²) in [7, 11) is -3.67. The Labute approximate surface area is 126 Å². The van der Waals surface area contributed by atoms with Gasteiger partial charge >= 0.3 is 0 Å². The third-order valence-electron chi connectivity index (χ3n) is 3.52. The maximum absolute atomic E-state index is 13.1. The molecule has 1 unspecified atom stereocenters. The fourth-order valence-corrected chi connectivity index (χ4v) is 3.76. The number of halogens is 1. The van der Waals surface area contributed by atoms with Gasteiger partial charge in [-0.3, -0.25) is 9.52 Å². The maximum Gasteiger partial charge on any atom is 0.239 e. The molecule has 2 N–H and O–H groups in total. The van der Waals surface area contributed by atoms with Crippen molar-refractivity contribution in [3.63, 3.8) is 0 Å². The topological polar surface area (TPSA) is 92.6 Å². The third kappa shape index (κ3) is 3.09. The Morgan fingerprint density at radius 1 is 1.45 bits per heavy atom. The van der Waals surface area contributed by atoms with Gasteiger partial charge in [0.05, 0.1) is 17.4 Å². The molecular weight excluding hydrogens is 311 g/mol.